The van der Waals surface area contributed by atoms with Gasteiger partial charge in [0.1, 0.15) is 0 Å². The van der Waals surface area contributed by atoms with Crippen molar-refractivity contribution < 1.29 is 19.6 Å². The van der Waals surface area contributed by atoms with Crippen molar-refractivity contribution in [1.29, 1.82) is 0 Å². The standard InChI is InChI=1S/C24H30N4O4/c1-3-27(4-2)16-17-28(24(31)25-23(30)21-8-6-5-7-9-21)18-20-12-10-19(11-13-20)14-15-22(29)26-32/h5-15,32H,3-4,16-18H2,1-2H3,(H,26,29)(H,25,30,31)/b15-14+. The molecule has 0 saturated carbocycles. The van der Waals surface area contributed by atoms with Crippen LogP contribution in [0.15, 0.2) is 60.7 Å². The summed E-state index contributed by atoms with van der Waals surface area (Å²) in [6.45, 7) is 7.36. The minimum Gasteiger partial charge on any atom is -0.319 e. The van der Waals surface area contributed by atoms with Gasteiger partial charge in [-0.25, -0.2) is 10.3 Å². The first-order valence-corrected chi connectivity index (χ1v) is 10.6. The zero-order valence-electron chi connectivity index (χ0n) is 18.5. The van der Waals surface area contributed by atoms with Gasteiger partial charge in [0.2, 0.25) is 0 Å². The number of imide groups is 1. The molecule has 0 aliphatic carbocycles. The lowest BCUT2D eigenvalue weighted by Gasteiger charge is -2.26. The van der Waals surface area contributed by atoms with Gasteiger partial charge < -0.3 is 9.80 Å². The lowest BCUT2D eigenvalue weighted by atomic mass is 10.1. The Morgan fingerprint density at radius 3 is 2.19 bits per heavy atom. The van der Waals surface area contributed by atoms with Gasteiger partial charge in [0, 0.05) is 31.3 Å². The summed E-state index contributed by atoms with van der Waals surface area (Å²) in [5.74, 6) is -1.05. The molecule has 0 spiro atoms. The summed E-state index contributed by atoms with van der Waals surface area (Å²) in [5, 5.41) is 11.0. The number of hydrogen-bond acceptors (Lipinski definition) is 5. The fourth-order valence-electron chi connectivity index (χ4n) is 3.06. The highest BCUT2D eigenvalue weighted by atomic mass is 16.5. The normalized spacial score (nSPS) is 10.9. The van der Waals surface area contributed by atoms with Crippen molar-refractivity contribution in [2.45, 2.75) is 20.4 Å². The number of likely N-dealkylation sites (N-methyl/N-ethyl adjacent to an activating group) is 1. The van der Waals surface area contributed by atoms with Crippen molar-refractivity contribution in [2.24, 2.45) is 0 Å². The molecule has 0 bridgehead atoms. The lowest BCUT2D eigenvalue weighted by molar-refractivity contribution is -0.124. The lowest BCUT2D eigenvalue weighted by Crippen LogP contribution is -2.45. The third kappa shape index (κ3) is 7.98. The number of hydroxylamine groups is 1. The van der Waals surface area contributed by atoms with Crippen molar-refractivity contribution in [3.63, 3.8) is 0 Å². The summed E-state index contributed by atoms with van der Waals surface area (Å²) in [6.07, 6.45) is 2.78. The van der Waals surface area contributed by atoms with Crippen molar-refractivity contribution in [1.82, 2.24) is 20.6 Å². The Bertz CT molecular complexity index is 909. The molecule has 3 N–H and O–H groups in total. The third-order valence-electron chi connectivity index (χ3n) is 5.01. The van der Waals surface area contributed by atoms with E-state index < -0.39 is 17.8 Å². The Morgan fingerprint density at radius 2 is 1.59 bits per heavy atom. The van der Waals surface area contributed by atoms with E-state index in [-0.39, 0.29) is 0 Å². The number of urea groups is 1. The molecule has 2 rings (SSSR count). The zero-order chi connectivity index (χ0) is 23.3. The number of carbonyl (C=O) groups excluding carboxylic acids is 3. The molecule has 0 heterocycles. The van der Waals surface area contributed by atoms with Crippen LogP contribution in [0, 0.1) is 0 Å². The van der Waals surface area contributed by atoms with Crippen LogP contribution in [0.2, 0.25) is 0 Å². The van der Waals surface area contributed by atoms with Crippen LogP contribution in [-0.2, 0) is 11.3 Å². The monoisotopic (exact) mass is 438 g/mol. The molecule has 0 fully saturated rings. The minimum absolute atomic E-state index is 0.330. The third-order valence-corrected chi connectivity index (χ3v) is 5.01. The van der Waals surface area contributed by atoms with Crippen LogP contribution in [-0.4, -0.2) is 59.0 Å². The number of amides is 4. The highest BCUT2D eigenvalue weighted by Crippen LogP contribution is 2.10. The molecule has 0 aliphatic heterocycles. The molecule has 0 aromatic heterocycles. The number of benzene rings is 2. The van der Waals surface area contributed by atoms with E-state index in [2.05, 4.69) is 24.1 Å². The second-order valence-electron chi connectivity index (χ2n) is 7.12. The number of nitrogens with one attached hydrogen (secondary N) is 2. The van der Waals surface area contributed by atoms with Gasteiger partial charge in [0.15, 0.2) is 0 Å². The van der Waals surface area contributed by atoms with E-state index in [1.54, 1.807) is 35.2 Å². The van der Waals surface area contributed by atoms with Crippen LogP contribution < -0.4 is 10.8 Å². The first-order valence-electron chi connectivity index (χ1n) is 10.6. The predicted octanol–water partition coefficient (Wildman–Crippen LogP) is 2.90. The molecule has 8 nitrogen and oxygen atoms in total. The maximum Gasteiger partial charge on any atom is 0.324 e. The molecular formula is C24H30N4O4. The minimum atomic E-state index is -0.614. The maximum atomic E-state index is 12.9. The molecule has 0 unspecified atom stereocenters. The molecule has 8 heteroatoms. The van der Waals surface area contributed by atoms with E-state index in [1.807, 2.05) is 30.3 Å². The Morgan fingerprint density at radius 1 is 0.938 bits per heavy atom. The van der Waals surface area contributed by atoms with Gasteiger partial charge in [-0.2, -0.15) is 0 Å². The summed E-state index contributed by atoms with van der Waals surface area (Å²) in [7, 11) is 0. The molecule has 0 aliphatic rings. The average molecular weight is 439 g/mol. The van der Waals surface area contributed by atoms with Gasteiger partial charge in [0.25, 0.3) is 11.8 Å². The summed E-state index contributed by atoms with van der Waals surface area (Å²) in [4.78, 5) is 40.3. The first kappa shape index (κ1) is 24.8. The Hall–Kier alpha value is -3.49. The Kier molecular flexibility index (Phi) is 10.1. The second-order valence-corrected chi connectivity index (χ2v) is 7.12. The molecule has 0 radical (unpaired) electrons. The molecule has 32 heavy (non-hydrogen) atoms. The number of carbonyl (C=O) groups is 3. The summed E-state index contributed by atoms with van der Waals surface area (Å²) >= 11 is 0. The SMILES string of the molecule is CCN(CC)CCN(Cc1ccc(/C=C/C(=O)NO)cc1)C(=O)NC(=O)c1ccccc1. The fraction of sp³-hybridized carbons (Fsp3) is 0.292. The van der Waals surface area contributed by atoms with Gasteiger partial charge in [-0.05, 0) is 42.4 Å². The molecule has 2 aromatic carbocycles. The largest absolute Gasteiger partial charge is 0.324 e. The van der Waals surface area contributed by atoms with Crippen molar-refractivity contribution in [2.75, 3.05) is 26.2 Å². The smallest absolute Gasteiger partial charge is 0.319 e. The summed E-state index contributed by atoms with van der Waals surface area (Å²) in [6, 6.07) is 15.5. The number of hydrogen-bond donors (Lipinski definition) is 3. The number of nitrogens with zero attached hydrogens (tertiary/aromatic N) is 2. The molecule has 0 saturated heterocycles. The van der Waals surface area contributed by atoms with E-state index in [0.29, 0.717) is 25.2 Å². The molecule has 0 atom stereocenters. The van der Waals surface area contributed by atoms with Crippen molar-refractivity contribution >= 4 is 23.9 Å². The molecule has 4 amide bonds. The van der Waals surface area contributed by atoms with Gasteiger partial charge >= 0.3 is 6.03 Å². The summed E-state index contributed by atoms with van der Waals surface area (Å²) < 4.78 is 0. The highest BCUT2D eigenvalue weighted by Gasteiger charge is 2.18. The average Bonchev–Trinajstić information content (AvgIpc) is 2.83. The quantitative estimate of drug-likeness (QED) is 0.301. The van der Waals surface area contributed by atoms with Crippen LogP contribution in [0.25, 0.3) is 6.08 Å². The van der Waals surface area contributed by atoms with E-state index in [1.165, 1.54) is 11.6 Å². The van der Waals surface area contributed by atoms with Crippen LogP contribution in [0.1, 0.15) is 35.3 Å². The van der Waals surface area contributed by atoms with Crippen LogP contribution in [0.3, 0.4) is 0 Å². The molecule has 2 aromatic rings. The van der Waals surface area contributed by atoms with Crippen LogP contribution >= 0.6 is 0 Å². The van der Waals surface area contributed by atoms with E-state index in [9.17, 15) is 14.4 Å². The van der Waals surface area contributed by atoms with Gasteiger partial charge in [-0.3, -0.25) is 20.1 Å². The van der Waals surface area contributed by atoms with Gasteiger partial charge in [-0.15, -0.1) is 0 Å². The summed E-state index contributed by atoms with van der Waals surface area (Å²) in [5.41, 5.74) is 3.62. The van der Waals surface area contributed by atoms with Gasteiger partial charge in [-0.1, -0.05) is 56.3 Å². The first-order chi connectivity index (χ1) is 15.5. The topological polar surface area (TPSA) is 102 Å². The van der Waals surface area contributed by atoms with Crippen LogP contribution in [0.5, 0.6) is 0 Å². The van der Waals surface area contributed by atoms with Crippen molar-refractivity contribution in [3.8, 4) is 0 Å². The number of rotatable bonds is 10. The second kappa shape index (κ2) is 13.0. The fourth-order valence-corrected chi connectivity index (χ4v) is 3.06. The molecular weight excluding hydrogens is 408 g/mol. The Balaban J connectivity index is 2.10. The van der Waals surface area contributed by atoms with Crippen LogP contribution in [0.4, 0.5) is 4.79 Å². The molecule has 170 valence electrons. The van der Waals surface area contributed by atoms with E-state index in [4.69, 9.17) is 5.21 Å². The van der Waals surface area contributed by atoms with Crippen molar-refractivity contribution in [3.05, 3.63) is 77.4 Å². The maximum absolute atomic E-state index is 12.9. The predicted molar refractivity (Wildman–Crippen MR) is 123 cm³/mol. The van der Waals surface area contributed by atoms with Gasteiger partial charge in [0.05, 0.1) is 0 Å². The zero-order valence-corrected chi connectivity index (χ0v) is 18.5. The van der Waals surface area contributed by atoms with E-state index in [0.717, 1.165) is 24.2 Å². The highest BCUT2D eigenvalue weighted by molar-refractivity contribution is 6.04. The Labute approximate surface area is 188 Å². The van der Waals surface area contributed by atoms with E-state index >= 15 is 0 Å².